The summed E-state index contributed by atoms with van der Waals surface area (Å²) in [6.07, 6.45) is 0.719. The van der Waals surface area contributed by atoms with Crippen molar-refractivity contribution in [1.82, 2.24) is 9.55 Å². The molecule has 0 amide bonds. The summed E-state index contributed by atoms with van der Waals surface area (Å²) in [4.78, 5) is 16.1. The van der Waals surface area contributed by atoms with Crippen molar-refractivity contribution in [3.8, 4) is 0 Å². The molecule has 0 radical (unpaired) electrons. The van der Waals surface area contributed by atoms with Crippen LogP contribution in [0.1, 0.15) is 20.8 Å². The SMILES string of the molecule is CC(C)(C)OC(=O)n1c(B(O)O)cc2c(Cl)nccc21. The molecule has 2 N–H and O–H groups in total. The Morgan fingerprint density at radius 2 is 2.10 bits per heavy atom. The van der Waals surface area contributed by atoms with E-state index in [2.05, 4.69) is 4.98 Å². The van der Waals surface area contributed by atoms with Gasteiger partial charge in [0.15, 0.2) is 0 Å². The van der Waals surface area contributed by atoms with E-state index >= 15 is 0 Å². The van der Waals surface area contributed by atoms with Gasteiger partial charge >= 0.3 is 13.2 Å². The molecule has 2 rings (SSSR count). The number of hydrogen-bond acceptors (Lipinski definition) is 5. The zero-order valence-electron chi connectivity index (χ0n) is 11.3. The molecule has 20 heavy (non-hydrogen) atoms. The molecule has 106 valence electrons. The summed E-state index contributed by atoms with van der Waals surface area (Å²) in [7, 11) is -1.83. The molecule has 2 aromatic heterocycles. The minimum Gasteiger partial charge on any atom is -0.443 e. The Labute approximate surface area is 121 Å². The fourth-order valence-corrected chi connectivity index (χ4v) is 2.03. The molecule has 0 aliphatic heterocycles. The van der Waals surface area contributed by atoms with Crippen LogP contribution in [0.2, 0.25) is 5.15 Å². The van der Waals surface area contributed by atoms with Crippen LogP contribution in [0.15, 0.2) is 18.3 Å². The van der Waals surface area contributed by atoms with Crippen LogP contribution in [-0.2, 0) is 4.74 Å². The van der Waals surface area contributed by atoms with E-state index in [9.17, 15) is 14.8 Å². The zero-order valence-corrected chi connectivity index (χ0v) is 12.0. The molecule has 2 aromatic rings. The van der Waals surface area contributed by atoms with Crippen LogP contribution in [0.4, 0.5) is 4.79 Å². The van der Waals surface area contributed by atoms with Gasteiger partial charge in [-0.3, -0.25) is 4.57 Å². The molecule has 2 heterocycles. The van der Waals surface area contributed by atoms with E-state index in [1.54, 1.807) is 26.8 Å². The Morgan fingerprint density at radius 3 is 2.65 bits per heavy atom. The van der Waals surface area contributed by atoms with Crippen molar-refractivity contribution in [2.75, 3.05) is 0 Å². The average molecular weight is 297 g/mol. The van der Waals surface area contributed by atoms with Gasteiger partial charge in [-0.25, -0.2) is 9.78 Å². The average Bonchev–Trinajstić information content (AvgIpc) is 2.67. The zero-order chi connectivity index (χ0) is 15.1. The summed E-state index contributed by atoms with van der Waals surface area (Å²) in [6, 6.07) is 2.95. The van der Waals surface area contributed by atoms with E-state index in [4.69, 9.17) is 16.3 Å². The van der Waals surface area contributed by atoms with Crippen LogP contribution < -0.4 is 5.59 Å². The third-order valence-electron chi connectivity index (χ3n) is 2.55. The van der Waals surface area contributed by atoms with Crippen molar-refractivity contribution >= 4 is 41.3 Å². The van der Waals surface area contributed by atoms with Gasteiger partial charge < -0.3 is 14.8 Å². The van der Waals surface area contributed by atoms with Crippen LogP contribution in [0.25, 0.3) is 10.9 Å². The third kappa shape index (κ3) is 2.79. The number of nitrogens with zero attached hydrogens (tertiary/aromatic N) is 2. The fraction of sp³-hybridized carbons (Fsp3) is 0.333. The standard InChI is InChI=1S/C12H14BClN2O4/c1-12(2,3)20-11(17)16-8-4-5-15-10(14)7(8)6-9(16)13(18)19/h4-6,18-19H,1-3H3. The second-order valence-corrected chi connectivity index (χ2v) is 5.65. The number of carbonyl (C=O) groups excluding carboxylic acids is 1. The molecule has 0 aliphatic carbocycles. The highest BCUT2D eigenvalue weighted by Crippen LogP contribution is 2.22. The highest BCUT2D eigenvalue weighted by Gasteiger charge is 2.27. The molecule has 0 bridgehead atoms. The van der Waals surface area contributed by atoms with Crippen molar-refractivity contribution in [3.05, 3.63) is 23.5 Å². The number of pyridine rings is 1. The van der Waals surface area contributed by atoms with E-state index in [0.717, 1.165) is 4.57 Å². The number of fused-ring (bicyclic) bond motifs is 1. The molecular formula is C12H14BClN2O4. The third-order valence-corrected chi connectivity index (χ3v) is 2.85. The van der Waals surface area contributed by atoms with E-state index in [1.807, 2.05) is 0 Å². The maximum absolute atomic E-state index is 12.2. The predicted octanol–water partition coefficient (Wildman–Crippen LogP) is 1.15. The lowest BCUT2D eigenvalue weighted by molar-refractivity contribution is 0.0548. The van der Waals surface area contributed by atoms with Crippen molar-refractivity contribution in [3.63, 3.8) is 0 Å². The van der Waals surface area contributed by atoms with Crippen LogP contribution >= 0.6 is 11.6 Å². The first-order chi connectivity index (χ1) is 9.20. The lowest BCUT2D eigenvalue weighted by Crippen LogP contribution is -2.40. The first-order valence-electron chi connectivity index (χ1n) is 5.96. The van der Waals surface area contributed by atoms with Gasteiger partial charge in [0.1, 0.15) is 10.8 Å². The Bertz CT molecular complexity index is 663. The number of ether oxygens (including phenoxy) is 1. The second-order valence-electron chi connectivity index (χ2n) is 5.29. The van der Waals surface area contributed by atoms with Gasteiger partial charge in [-0.1, -0.05) is 11.6 Å². The normalized spacial score (nSPS) is 11.7. The first-order valence-corrected chi connectivity index (χ1v) is 6.34. The number of halogens is 1. The quantitative estimate of drug-likeness (QED) is 0.609. The minimum atomic E-state index is -1.83. The number of rotatable bonds is 1. The Hall–Kier alpha value is -1.57. The molecule has 0 saturated carbocycles. The maximum atomic E-state index is 12.2. The summed E-state index contributed by atoms with van der Waals surface area (Å²) in [5.74, 6) is 0. The van der Waals surface area contributed by atoms with Gasteiger partial charge in [0.2, 0.25) is 0 Å². The monoisotopic (exact) mass is 296 g/mol. The molecule has 0 saturated heterocycles. The van der Waals surface area contributed by atoms with Crippen molar-refractivity contribution in [2.45, 2.75) is 26.4 Å². The highest BCUT2D eigenvalue weighted by atomic mass is 35.5. The van der Waals surface area contributed by atoms with Gasteiger partial charge in [-0.15, -0.1) is 0 Å². The van der Waals surface area contributed by atoms with E-state index in [0.29, 0.717) is 10.9 Å². The summed E-state index contributed by atoms with van der Waals surface area (Å²) in [5, 5.41) is 19.4. The maximum Gasteiger partial charge on any atom is 0.506 e. The Kier molecular flexibility index (Phi) is 3.77. The molecule has 6 nitrogen and oxygen atoms in total. The summed E-state index contributed by atoms with van der Waals surface area (Å²) in [5.41, 5.74) is -0.325. The molecule has 0 unspecified atom stereocenters. The van der Waals surface area contributed by atoms with Gasteiger partial charge in [-0.2, -0.15) is 0 Å². The molecule has 0 spiro atoms. The van der Waals surface area contributed by atoms with Crippen LogP contribution in [-0.4, -0.2) is 38.4 Å². The molecular weight excluding hydrogens is 282 g/mol. The van der Waals surface area contributed by atoms with Crippen LogP contribution in [0, 0.1) is 0 Å². The predicted molar refractivity (Wildman–Crippen MR) is 76.2 cm³/mol. The number of carbonyl (C=O) groups is 1. The molecule has 8 heteroatoms. The van der Waals surface area contributed by atoms with Gasteiger partial charge in [0.25, 0.3) is 0 Å². The molecule has 0 aromatic carbocycles. The van der Waals surface area contributed by atoms with Crippen molar-refractivity contribution < 1.29 is 19.6 Å². The topological polar surface area (TPSA) is 84.6 Å². The Balaban J connectivity index is 2.63. The van der Waals surface area contributed by atoms with Crippen LogP contribution in [0.3, 0.4) is 0 Å². The summed E-state index contributed by atoms with van der Waals surface area (Å²) >= 11 is 5.94. The lowest BCUT2D eigenvalue weighted by atomic mass is 9.86. The summed E-state index contributed by atoms with van der Waals surface area (Å²) < 4.78 is 6.34. The molecule has 0 fully saturated rings. The first kappa shape index (κ1) is 14.8. The smallest absolute Gasteiger partial charge is 0.443 e. The van der Waals surface area contributed by atoms with E-state index < -0.39 is 18.8 Å². The lowest BCUT2D eigenvalue weighted by Gasteiger charge is -2.20. The molecule has 0 aliphatic rings. The van der Waals surface area contributed by atoms with Crippen molar-refractivity contribution in [1.29, 1.82) is 0 Å². The van der Waals surface area contributed by atoms with Gasteiger partial charge in [0.05, 0.1) is 11.1 Å². The second kappa shape index (κ2) is 5.08. The van der Waals surface area contributed by atoms with Crippen LogP contribution in [0.5, 0.6) is 0 Å². The highest BCUT2D eigenvalue weighted by molar-refractivity contribution is 6.59. The van der Waals surface area contributed by atoms with Gasteiger partial charge in [0, 0.05) is 11.6 Å². The summed E-state index contributed by atoms with van der Waals surface area (Å²) in [6.45, 7) is 5.17. The Morgan fingerprint density at radius 1 is 1.45 bits per heavy atom. The largest absolute Gasteiger partial charge is 0.506 e. The minimum absolute atomic E-state index is 0.0239. The molecule has 0 atom stereocenters. The number of aromatic nitrogens is 2. The van der Waals surface area contributed by atoms with Crippen molar-refractivity contribution in [2.24, 2.45) is 0 Å². The number of hydrogen-bond donors (Lipinski definition) is 2. The van der Waals surface area contributed by atoms with E-state index in [1.165, 1.54) is 12.3 Å². The van der Waals surface area contributed by atoms with E-state index in [-0.39, 0.29) is 10.7 Å². The van der Waals surface area contributed by atoms with Gasteiger partial charge in [-0.05, 0) is 32.9 Å². The fourth-order valence-electron chi connectivity index (χ4n) is 1.82.